The predicted octanol–water partition coefficient (Wildman–Crippen LogP) is 2.04. The lowest BCUT2D eigenvalue weighted by Gasteiger charge is -2.30. The zero-order valence-electron chi connectivity index (χ0n) is 13.3. The second-order valence-corrected chi connectivity index (χ2v) is 6.79. The smallest absolute Gasteiger partial charge is 0.227 e. The maximum absolute atomic E-state index is 12.4. The Morgan fingerprint density at radius 2 is 2.00 bits per heavy atom. The first kappa shape index (κ1) is 17.8. The molecule has 2 N–H and O–H groups in total. The molecule has 0 aromatic carbocycles. The van der Waals surface area contributed by atoms with E-state index in [0.29, 0.717) is 13.2 Å². The van der Waals surface area contributed by atoms with E-state index in [2.05, 4.69) is 37.7 Å². The Hall–Kier alpha value is -0.260. The van der Waals surface area contributed by atoms with E-state index in [1.807, 2.05) is 11.8 Å². The summed E-state index contributed by atoms with van der Waals surface area (Å²) in [4.78, 5) is 12.4. The summed E-state index contributed by atoms with van der Waals surface area (Å²) in [6, 6.07) is 0.168. The normalized spacial score (nSPS) is 23.0. The van der Waals surface area contributed by atoms with Crippen LogP contribution < -0.4 is 10.6 Å². The Kier molecular flexibility index (Phi) is 7.92. The van der Waals surface area contributed by atoms with Crippen LogP contribution in [0.1, 0.15) is 40.0 Å². The van der Waals surface area contributed by atoms with E-state index in [1.165, 1.54) is 0 Å². The summed E-state index contributed by atoms with van der Waals surface area (Å²) >= 11 is 1.85. The third-order valence-electron chi connectivity index (χ3n) is 4.38. The first-order valence-corrected chi connectivity index (χ1v) is 8.98. The lowest BCUT2D eigenvalue weighted by molar-refractivity contribution is -0.125. The third kappa shape index (κ3) is 4.64. The standard InChI is InChI=1S/C15H30N2O2S/c1-5-8-16-13-10-19-9-12(13)14(18)17-11-15(6-2,7-3)20-4/h12-13,16H,5-11H2,1-4H3,(H,17,18). The third-order valence-corrected chi connectivity index (χ3v) is 5.97. The molecule has 0 radical (unpaired) electrons. The van der Waals surface area contributed by atoms with Gasteiger partial charge in [-0.1, -0.05) is 20.8 Å². The number of rotatable bonds is 9. The van der Waals surface area contributed by atoms with E-state index in [9.17, 15) is 4.79 Å². The van der Waals surface area contributed by atoms with Gasteiger partial charge in [-0.2, -0.15) is 11.8 Å². The van der Waals surface area contributed by atoms with Gasteiger partial charge in [0.1, 0.15) is 0 Å². The predicted molar refractivity (Wildman–Crippen MR) is 86.2 cm³/mol. The molecule has 1 amide bonds. The van der Waals surface area contributed by atoms with Crippen LogP contribution in [0.4, 0.5) is 0 Å². The lowest BCUT2D eigenvalue weighted by Crippen LogP contribution is -2.47. The fourth-order valence-electron chi connectivity index (χ4n) is 2.58. The van der Waals surface area contributed by atoms with Crippen LogP contribution in [0.3, 0.4) is 0 Å². The number of nitrogens with one attached hydrogen (secondary N) is 2. The second kappa shape index (κ2) is 8.90. The van der Waals surface area contributed by atoms with Crippen LogP contribution >= 0.6 is 11.8 Å². The van der Waals surface area contributed by atoms with E-state index in [4.69, 9.17) is 4.74 Å². The van der Waals surface area contributed by atoms with E-state index in [0.717, 1.165) is 32.4 Å². The molecular weight excluding hydrogens is 272 g/mol. The molecule has 1 saturated heterocycles. The number of carbonyl (C=O) groups is 1. The van der Waals surface area contributed by atoms with Crippen molar-refractivity contribution in [1.82, 2.24) is 10.6 Å². The molecule has 0 aliphatic carbocycles. The van der Waals surface area contributed by atoms with Gasteiger partial charge in [0.15, 0.2) is 0 Å². The van der Waals surface area contributed by atoms with Crippen molar-refractivity contribution in [3.63, 3.8) is 0 Å². The molecule has 0 bridgehead atoms. The molecule has 0 aromatic rings. The monoisotopic (exact) mass is 302 g/mol. The minimum Gasteiger partial charge on any atom is -0.379 e. The summed E-state index contributed by atoms with van der Waals surface area (Å²) in [6.45, 7) is 9.39. The van der Waals surface area contributed by atoms with Crippen molar-refractivity contribution in [2.24, 2.45) is 5.92 Å². The molecule has 1 heterocycles. The summed E-state index contributed by atoms with van der Waals surface area (Å²) in [7, 11) is 0. The van der Waals surface area contributed by atoms with Crippen LogP contribution in [0.15, 0.2) is 0 Å². The van der Waals surface area contributed by atoms with Gasteiger partial charge >= 0.3 is 0 Å². The van der Waals surface area contributed by atoms with E-state index >= 15 is 0 Å². The largest absolute Gasteiger partial charge is 0.379 e. The van der Waals surface area contributed by atoms with Crippen LogP contribution in [0.25, 0.3) is 0 Å². The molecular formula is C15H30N2O2S. The maximum Gasteiger partial charge on any atom is 0.227 e. The zero-order chi connectivity index (χ0) is 15.0. The highest BCUT2D eigenvalue weighted by atomic mass is 32.2. The summed E-state index contributed by atoms with van der Waals surface area (Å²) < 4.78 is 5.64. The SMILES string of the molecule is CCCNC1COCC1C(=O)NCC(CC)(CC)SC. The molecule has 1 fully saturated rings. The van der Waals surface area contributed by atoms with Gasteiger partial charge in [0.2, 0.25) is 5.91 Å². The first-order valence-electron chi connectivity index (χ1n) is 7.76. The van der Waals surface area contributed by atoms with Gasteiger partial charge < -0.3 is 15.4 Å². The van der Waals surface area contributed by atoms with Crippen molar-refractivity contribution in [3.8, 4) is 0 Å². The fourth-order valence-corrected chi connectivity index (χ4v) is 3.38. The van der Waals surface area contributed by atoms with E-state index in [1.54, 1.807) is 0 Å². The van der Waals surface area contributed by atoms with E-state index < -0.39 is 0 Å². The highest BCUT2D eigenvalue weighted by molar-refractivity contribution is 8.00. The number of hydrogen-bond acceptors (Lipinski definition) is 4. The highest BCUT2D eigenvalue weighted by Gasteiger charge is 2.35. The van der Waals surface area contributed by atoms with Crippen molar-refractivity contribution in [2.45, 2.75) is 50.8 Å². The van der Waals surface area contributed by atoms with E-state index in [-0.39, 0.29) is 22.6 Å². The first-order chi connectivity index (χ1) is 9.62. The molecule has 2 unspecified atom stereocenters. The zero-order valence-corrected chi connectivity index (χ0v) is 14.1. The Bertz CT molecular complexity index is 287. The number of hydrogen-bond donors (Lipinski definition) is 2. The Morgan fingerprint density at radius 1 is 1.30 bits per heavy atom. The molecule has 4 nitrogen and oxygen atoms in total. The van der Waals surface area contributed by atoms with Gasteiger partial charge in [-0.25, -0.2) is 0 Å². The molecule has 2 atom stereocenters. The Balaban J connectivity index is 2.49. The van der Waals surface area contributed by atoms with Gasteiger partial charge in [-0.05, 0) is 32.1 Å². The molecule has 0 aromatic heterocycles. The average molecular weight is 302 g/mol. The summed E-state index contributed by atoms with van der Waals surface area (Å²) in [5.41, 5.74) is 0. The van der Waals surface area contributed by atoms with Crippen molar-refractivity contribution >= 4 is 17.7 Å². The lowest BCUT2D eigenvalue weighted by atomic mass is 9.99. The molecule has 0 spiro atoms. The summed E-state index contributed by atoms with van der Waals surface area (Å²) in [5.74, 6) is 0.0891. The number of amides is 1. The maximum atomic E-state index is 12.4. The molecule has 5 heteroatoms. The Morgan fingerprint density at radius 3 is 2.55 bits per heavy atom. The van der Waals surface area contributed by atoms with Crippen LogP contribution in [0.5, 0.6) is 0 Å². The van der Waals surface area contributed by atoms with Crippen molar-refractivity contribution < 1.29 is 9.53 Å². The van der Waals surface area contributed by atoms with Crippen molar-refractivity contribution in [3.05, 3.63) is 0 Å². The molecule has 1 aliphatic rings. The second-order valence-electron chi connectivity index (χ2n) is 5.52. The minimum atomic E-state index is -0.0465. The van der Waals surface area contributed by atoms with Gasteiger partial charge in [0, 0.05) is 17.3 Å². The average Bonchev–Trinajstić information content (AvgIpc) is 2.95. The minimum absolute atomic E-state index is 0.0465. The van der Waals surface area contributed by atoms with Crippen molar-refractivity contribution in [2.75, 3.05) is 32.6 Å². The van der Waals surface area contributed by atoms with Gasteiger partial charge in [-0.3, -0.25) is 4.79 Å². The number of carbonyl (C=O) groups excluding carboxylic acids is 1. The van der Waals surface area contributed by atoms with Crippen LogP contribution in [-0.2, 0) is 9.53 Å². The van der Waals surface area contributed by atoms with Crippen LogP contribution in [0, 0.1) is 5.92 Å². The summed E-state index contributed by atoms with van der Waals surface area (Å²) in [6.07, 6.45) is 5.35. The molecule has 0 saturated carbocycles. The van der Waals surface area contributed by atoms with Gasteiger partial charge in [0.05, 0.1) is 19.1 Å². The van der Waals surface area contributed by atoms with Gasteiger partial charge in [0.25, 0.3) is 0 Å². The molecule has 1 aliphatic heterocycles. The quantitative estimate of drug-likeness (QED) is 0.684. The highest BCUT2D eigenvalue weighted by Crippen LogP contribution is 2.29. The topological polar surface area (TPSA) is 50.4 Å². The fraction of sp³-hybridized carbons (Fsp3) is 0.933. The van der Waals surface area contributed by atoms with Crippen LogP contribution in [-0.4, -0.2) is 49.3 Å². The molecule has 118 valence electrons. The molecule has 1 rings (SSSR count). The number of ether oxygens (including phenoxy) is 1. The van der Waals surface area contributed by atoms with Gasteiger partial charge in [-0.15, -0.1) is 0 Å². The van der Waals surface area contributed by atoms with Crippen LogP contribution in [0.2, 0.25) is 0 Å². The number of thioether (sulfide) groups is 1. The summed E-state index contributed by atoms with van der Waals surface area (Å²) in [5, 5.41) is 6.56. The molecule has 20 heavy (non-hydrogen) atoms. The Labute approximate surface area is 127 Å². The van der Waals surface area contributed by atoms with Crippen molar-refractivity contribution in [1.29, 1.82) is 0 Å².